The molecule has 0 atom stereocenters. The maximum atomic E-state index is 11.1. The summed E-state index contributed by atoms with van der Waals surface area (Å²) in [6.45, 7) is 0.411. The zero-order valence-corrected chi connectivity index (χ0v) is 16.7. The van der Waals surface area contributed by atoms with Crippen LogP contribution in [0.2, 0.25) is 0 Å². The topological polar surface area (TPSA) is 115 Å². The van der Waals surface area contributed by atoms with Crippen molar-refractivity contribution in [2.45, 2.75) is 6.54 Å². The number of hydrogen-bond acceptors (Lipinski definition) is 5. The molecule has 0 radical (unpaired) electrons. The van der Waals surface area contributed by atoms with Gasteiger partial charge >= 0.3 is 0 Å². The molecule has 0 saturated carbocycles. The predicted molar refractivity (Wildman–Crippen MR) is 121 cm³/mol. The number of nitrogens with zero attached hydrogens (tertiary/aromatic N) is 4. The van der Waals surface area contributed by atoms with Gasteiger partial charge in [-0.05, 0) is 23.3 Å². The molecule has 8 heteroatoms. The molecule has 0 aliphatic rings. The summed E-state index contributed by atoms with van der Waals surface area (Å²) in [4.78, 5) is 21.3. The number of fused-ring (bicyclic) bond motifs is 1. The first-order valence-corrected chi connectivity index (χ1v) is 9.64. The van der Waals surface area contributed by atoms with E-state index < -0.39 is 9.85 Å². The van der Waals surface area contributed by atoms with Gasteiger partial charge in [-0.3, -0.25) is 20.2 Å². The molecule has 1 heterocycles. The van der Waals surface area contributed by atoms with E-state index in [0.717, 1.165) is 22.0 Å². The van der Waals surface area contributed by atoms with Crippen molar-refractivity contribution < 1.29 is 9.85 Å². The minimum absolute atomic E-state index is 0.0246. The van der Waals surface area contributed by atoms with E-state index in [9.17, 15) is 25.5 Å². The monoisotopic (exact) mass is 424 g/mol. The van der Waals surface area contributed by atoms with Gasteiger partial charge in [-0.2, -0.15) is 5.26 Å². The number of nitro groups is 2. The highest BCUT2D eigenvalue weighted by Gasteiger charge is 2.13. The quantitative estimate of drug-likeness (QED) is 0.228. The van der Waals surface area contributed by atoms with Crippen LogP contribution in [0, 0.1) is 31.6 Å². The van der Waals surface area contributed by atoms with Crippen LogP contribution in [0.1, 0.15) is 16.7 Å². The van der Waals surface area contributed by atoms with Crippen molar-refractivity contribution in [2.24, 2.45) is 0 Å². The number of nitriles is 1. The molecule has 0 unspecified atom stereocenters. The summed E-state index contributed by atoms with van der Waals surface area (Å²) in [7, 11) is 0. The molecule has 0 spiro atoms. The van der Waals surface area contributed by atoms with Crippen molar-refractivity contribution in [3.63, 3.8) is 0 Å². The smallest absolute Gasteiger partial charge is 0.270 e. The zero-order valence-electron chi connectivity index (χ0n) is 16.7. The largest absolute Gasteiger partial charge is 0.342 e. The molecule has 0 saturated heterocycles. The van der Waals surface area contributed by atoms with E-state index in [1.165, 1.54) is 24.3 Å². The van der Waals surface area contributed by atoms with Crippen molar-refractivity contribution >= 4 is 33.9 Å². The summed E-state index contributed by atoms with van der Waals surface area (Å²) in [5, 5.41) is 32.8. The molecule has 32 heavy (non-hydrogen) atoms. The fourth-order valence-corrected chi connectivity index (χ4v) is 3.61. The van der Waals surface area contributed by atoms with Crippen LogP contribution < -0.4 is 0 Å². The van der Waals surface area contributed by atoms with E-state index in [2.05, 4.69) is 6.07 Å². The number of hydrogen-bond donors (Lipinski definition) is 0. The van der Waals surface area contributed by atoms with Gasteiger partial charge in [0, 0.05) is 53.5 Å². The minimum atomic E-state index is -0.497. The lowest BCUT2D eigenvalue weighted by Gasteiger charge is -2.05. The summed E-state index contributed by atoms with van der Waals surface area (Å²) in [6, 6.07) is 22.2. The molecule has 0 N–H and O–H groups in total. The standard InChI is InChI=1S/C24H16N4O4/c25-14-19(18-6-4-8-22(13-18)28(31)32)12-20-16-26(24-10-2-1-9-23(20)24)15-17-5-3-7-21(11-17)27(29)30/h1-13,16H,15H2/b19-12-. The van der Waals surface area contributed by atoms with Crippen molar-refractivity contribution in [2.75, 3.05) is 0 Å². The highest BCUT2D eigenvalue weighted by molar-refractivity contribution is 5.98. The highest BCUT2D eigenvalue weighted by Crippen LogP contribution is 2.28. The summed E-state index contributed by atoms with van der Waals surface area (Å²) in [5.41, 5.74) is 3.14. The van der Waals surface area contributed by atoms with E-state index in [1.54, 1.807) is 24.3 Å². The van der Waals surface area contributed by atoms with Gasteiger partial charge in [-0.15, -0.1) is 0 Å². The van der Waals surface area contributed by atoms with Gasteiger partial charge in [-0.1, -0.05) is 42.5 Å². The van der Waals surface area contributed by atoms with Crippen LogP contribution >= 0.6 is 0 Å². The predicted octanol–water partition coefficient (Wildman–Crippen LogP) is 5.57. The number of para-hydroxylation sites is 1. The lowest BCUT2D eigenvalue weighted by molar-refractivity contribution is -0.385. The average molecular weight is 424 g/mol. The van der Waals surface area contributed by atoms with E-state index in [0.29, 0.717) is 17.7 Å². The van der Waals surface area contributed by atoms with Crippen LogP contribution in [0.25, 0.3) is 22.6 Å². The Balaban J connectivity index is 1.78. The normalized spacial score (nSPS) is 11.3. The summed E-state index contributed by atoms with van der Waals surface area (Å²) >= 11 is 0. The Morgan fingerprint density at radius 1 is 0.938 bits per heavy atom. The third kappa shape index (κ3) is 4.08. The maximum Gasteiger partial charge on any atom is 0.270 e. The lowest BCUT2D eigenvalue weighted by atomic mass is 10.0. The highest BCUT2D eigenvalue weighted by atomic mass is 16.6. The molecule has 0 bridgehead atoms. The van der Waals surface area contributed by atoms with Crippen LogP contribution in [0.4, 0.5) is 11.4 Å². The number of rotatable bonds is 6. The van der Waals surface area contributed by atoms with E-state index >= 15 is 0 Å². The number of benzene rings is 3. The van der Waals surface area contributed by atoms with Crippen molar-refractivity contribution in [1.29, 1.82) is 5.26 Å². The molecular weight excluding hydrogens is 408 g/mol. The first kappa shape index (κ1) is 20.5. The van der Waals surface area contributed by atoms with E-state index in [4.69, 9.17) is 0 Å². The Kier molecular flexibility index (Phi) is 5.47. The molecule has 0 fully saturated rings. The molecule has 3 aromatic carbocycles. The molecule has 156 valence electrons. The first-order valence-electron chi connectivity index (χ1n) is 9.64. The zero-order chi connectivity index (χ0) is 22.7. The molecule has 1 aromatic heterocycles. The summed E-state index contributed by atoms with van der Waals surface area (Å²) < 4.78 is 1.96. The number of allylic oxidation sites excluding steroid dienone is 1. The average Bonchev–Trinajstić information content (AvgIpc) is 3.14. The van der Waals surface area contributed by atoms with Gasteiger partial charge in [-0.25, -0.2) is 0 Å². The maximum absolute atomic E-state index is 11.1. The first-order chi connectivity index (χ1) is 15.5. The summed E-state index contributed by atoms with van der Waals surface area (Å²) in [6.07, 6.45) is 3.57. The Bertz CT molecular complexity index is 1430. The Hall–Kier alpha value is -4.77. The fraction of sp³-hybridized carbons (Fsp3) is 0.0417. The van der Waals surface area contributed by atoms with Crippen molar-refractivity contribution in [1.82, 2.24) is 4.57 Å². The minimum Gasteiger partial charge on any atom is -0.342 e. The van der Waals surface area contributed by atoms with Gasteiger partial charge < -0.3 is 4.57 Å². The summed E-state index contributed by atoms with van der Waals surface area (Å²) in [5.74, 6) is 0. The van der Waals surface area contributed by atoms with Crippen LogP contribution in [-0.4, -0.2) is 14.4 Å². The van der Waals surface area contributed by atoms with Crippen LogP contribution in [0.3, 0.4) is 0 Å². The Morgan fingerprint density at radius 3 is 2.34 bits per heavy atom. The fourth-order valence-electron chi connectivity index (χ4n) is 3.61. The van der Waals surface area contributed by atoms with Gasteiger partial charge in [0.05, 0.1) is 21.5 Å². The second-order valence-corrected chi connectivity index (χ2v) is 7.13. The number of non-ortho nitro benzene ring substituents is 2. The second-order valence-electron chi connectivity index (χ2n) is 7.13. The lowest BCUT2D eigenvalue weighted by Crippen LogP contribution is -1.98. The molecule has 0 amide bonds. The van der Waals surface area contributed by atoms with E-state index in [1.807, 2.05) is 41.1 Å². The SMILES string of the molecule is N#C/C(=C/c1cn(Cc2cccc([N+](=O)[O-])c2)c2ccccc12)c1cccc([N+](=O)[O-])c1. The Morgan fingerprint density at radius 2 is 1.62 bits per heavy atom. The Labute approximate surface area is 182 Å². The van der Waals surface area contributed by atoms with Crippen molar-refractivity contribution in [3.8, 4) is 6.07 Å². The number of aromatic nitrogens is 1. The van der Waals surface area contributed by atoms with Gasteiger partial charge in [0.25, 0.3) is 11.4 Å². The number of nitro benzene ring substituents is 2. The molecule has 4 aromatic rings. The molecule has 0 aliphatic heterocycles. The molecule has 0 aliphatic carbocycles. The third-order valence-corrected chi connectivity index (χ3v) is 5.08. The molecule has 4 rings (SSSR count). The van der Waals surface area contributed by atoms with E-state index in [-0.39, 0.29) is 11.4 Å². The second kappa shape index (κ2) is 8.53. The van der Waals surface area contributed by atoms with Gasteiger partial charge in [0.2, 0.25) is 0 Å². The molecule has 8 nitrogen and oxygen atoms in total. The molecular formula is C24H16N4O4. The van der Waals surface area contributed by atoms with Gasteiger partial charge in [0.15, 0.2) is 0 Å². The third-order valence-electron chi connectivity index (χ3n) is 5.08. The van der Waals surface area contributed by atoms with Crippen molar-refractivity contribution in [3.05, 3.63) is 116 Å². The van der Waals surface area contributed by atoms with Gasteiger partial charge in [0.1, 0.15) is 0 Å². The van der Waals surface area contributed by atoms with Crippen LogP contribution in [0.15, 0.2) is 79.0 Å². The van der Waals surface area contributed by atoms with Crippen LogP contribution in [0.5, 0.6) is 0 Å². The van der Waals surface area contributed by atoms with Crippen LogP contribution in [-0.2, 0) is 6.54 Å².